The van der Waals surface area contributed by atoms with Crippen molar-refractivity contribution >= 4 is 15.7 Å². The number of nitrogens with one attached hydrogen (secondary N) is 1. The first-order chi connectivity index (χ1) is 9.92. The van der Waals surface area contributed by atoms with Gasteiger partial charge in [-0.25, -0.2) is 13.1 Å². The third-order valence-corrected chi connectivity index (χ3v) is 5.88. The van der Waals surface area contributed by atoms with E-state index >= 15 is 0 Å². The average molecular weight is 312 g/mol. The first kappa shape index (κ1) is 16.3. The average Bonchev–Trinajstić information content (AvgIpc) is 2.95. The molecule has 1 aromatic rings. The number of benzene rings is 1. The van der Waals surface area contributed by atoms with Gasteiger partial charge in [-0.1, -0.05) is 25.8 Å². The highest BCUT2D eigenvalue weighted by Crippen LogP contribution is 2.37. The Bertz CT molecular complexity index is 593. The number of nitrogens with two attached hydrogens (primary N) is 1. The van der Waals surface area contributed by atoms with E-state index < -0.39 is 10.0 Å². The second-order valence-corrected chi connectivity index (χ2v) is 7.65. The van der Waals surface area contributed by atoms with Gasteiger partial charge in [-0.05, 0) is 37.0 Å². The van der Waals surface area contributed by atoms with Gasteiger partial charge in [0.1, 0.15) is 0 Å². The highest BCUT2D eigenvalue weighted by atomic mass is 32.2. The maximum atomic E-state index is 12.5. The van der Waals surface area contributed by atoms with Crippen LogP contribution in [-0.2, 0) is 16.4 Å². The van der Waals surface area contributed by atoms with Gasteiger partial charge in [-0.15, -0.1) is 0 Å². The zero-order chi connectivity index (χ0) is 15.5. The second kappa shape index (κ2) is 6.34. The number of nitrogen functional groups attached to an aromatic ring is 1. The van der Waals surface area contributed by atoms with Crippen LogP contribution >= 0.6 is 0 Å². The summed E-state index contributed by atoms with van der Waals surface area (Å²) in [6, 6.07) is 4.97. The molecule has 1 saturated carbocycles. The van der Waals surface area contributed by atoms with Gasteiger partial charge < -0.3 is 10.8 Å². The Kier molecular flexibility index (Phi) is 4.91. The molecular formula is C15H24N2O3S. The Morgan fingerprint density at radius 2 is 2.00 bits per heavy atom. The second-order valence-electron chi connectivity index (χ2n) is 5.91. The summed E-state index contributed by atoms with van der Waals surface area (Å²) in [6.07, 6.45) is 4.44. The van der Waals surface area contributed by atoms with Crippen molar-refractivity contribution in [1.29, 1.82) is 0 Å². The van der Waals surface area contributed by atoms with Gasteiger partial charge in [-0.3, -0.25) is 0 Å². The number of aryl methyl sites for hydroxylation is 1. The summed E-state index contributed by atoms with van der Waals surface area (Å²) in [7, 11) is -3.60. The molecule has 21 heavy (non-hydrogen) atoms. The van der Waals surface area contributed by atoms with E-state index in [0.29, 0.717) is 12.1 Å². The van der Waals surface area contributed by atoms with Crippen molar-refractivity contribution in [1.82, 2.24) is 4.72 Å². The van der Waals surface area contributed by atoms with E-state index in [4.69, 9.17) is 5.73 Å². The molecule has 2 rings (SSSR count). The van der Waals surface area contributed by atoms with Crippen LogP contribution in [-0.4, -0.2) is 26.7 Å². The van der Waals surface area contributed by atoms with Crippen LogP contribution in [0.5, 0.6) is 0 Å². The van der Waals surface area contributed by atoms with Gasteiger partial charge in [0.25, 0.3) is 0 Å². The Labute approximate surface area is 126 Å². The van der Waals surface area contributed by atoms with E-state index in [-0.39, 0.29) is 23.5 Å². The quantitative estimate of drug-likeness (QED) is 0.697. The number of aliphatic hydroxyl groups excluding tert-OH is 1. The third kappa shape index (κ3) is 3.56. The van der Waals surface area contributed by atoms with E-state index in [9.17, 15) is 13.5 Å². The monoisotopic (exact) mass is 312 g/mol. The topological polar surface area (TPSA) is 92.4 Å². The molecule has 1 fully saturated rings. The van der Waals surface area contributed by atoms with Gasteiger partial charge in [-0.2, -0.15) is 0 Å². The molecule has 1 aliphatic rings. The van der Waals surface area contributed by atoms with Crippen LogP contribution in [0.3, 0.4) is 0 Å². The van der Waals surface area contributed by atoms with E-state index in [1.165, 1.54) is 6.07 Å². The summed E-state index contributed by atoms with van der Waals surface area (Å²) in [5.41, 5.74) is 6.60. The van der Waals surface area contributed by atoms with Crippen molar-refractivity contribution in [3.63, 3.8) is 0 Å². The maximum absolute atomic E-state index is 12.5. The highest BCUT2D eigenvalue weighted by Gasteiger charge is 2.34. The predicted octanol–water partition coefficient (Wildman–Crippen LogP) is 1.66. The summed E-state index contributed by atoms with van der Waals surface area (Å²) >= 11 is 0. The lowest BCUT2D eigenvalue weighted by Gasteiger charge is -2.26. The molecule has 118 valence electrons. The number of rotatable bonds is 6. The minimum Gasteiger partial charge on any atom is -0.399 e. The SMILES string of the molecule is CCc1ccc(N)cc1S(=O)(=O)NCC1(CO)CCCC1. The third-order valence-electron chi connectivity index (χ3n) is 4.40. The standard InChI is InChI=1S/C15H24N2O3S/c1-2-12-5-6-13(16)9-14(12)21(19,20)17-10-15(11-18)7-3-4-8-15/h5-6,9,17-18H,2-4,7-8,10-11,16H2,1H3. The van der Waals surface area contributed by atoms with Crippen molar-refractivity contribution in [2.24, 2.45) is 5.41 Å². The van der Waals surface area contributed by atoms with Crippen LogP contribution in [0.1, 0.15) is 38.2 Å². The minimum atomic E-state index is -3.60. The maximum Gasteiger partial charge on any atom is 0.240 e. The lowest BCUT2D eigenvalue weighted by atomic mass is 9.88. The lowest BCUT2D eigenvalue weighted by molar-refractivity contribution is 0.134. The summed E-state index contributed by atoms with van der Waals surface area (Å²) in [5.74, 6) is 0. The molecule has 0 saturated heterocycles. The molecule has 0 heterocycles. The van der Waals surface area contributed by atoms with Crippen molar-refractivity contribution in [2.75, 3.05) is 18.9 Å². The van der Waals surface area contributed by atoms with Crippen molar-refractivity contribution in [3.8, 4) is 0 Å². The highest BCUT2D eigenvalue weighted by molar-refractivity contribution is 7.89. The van der Waals surface area contributed by atoms with Gasteiger partial charge >= 0.3 is 0 Å². The summed E-state index contributed by atoms with van der Waals surface area (Å²) in [6.45, 7) is 2.22. The van der Waals surface area contributed by atoms with Crippen molar-refractivity contribution in [2.45, 2.75) is 43.9 Å². The lowest BCUT2D eigenvalue weighted by Crippen LogP contribution is -2.38. The minimum absolute atomic E-state index is 0.0209. The Morgan fingerprint density at radius 1 is 1.33 bits per heavy atom. The van der Waals surface area contributed by atoms with E-state index in [2.05, 4.69) is 4.72 Å². The van der Waals surface area contributed by atoms with Gasteiger partial charge in [0, 0.05) is 24.3 Å². The smallest absolute Gasteiger partial charge is 0.240 e. The molecule has 4 N–H and O–H groups in total. The molecule has 5 nitrogen and oxygen atoms in total. The number of sulfonamides is 1. The van der Waals surface area contributed by atoms with Crippen LogP contribution in [0.4, 0.5) is 5.69 Å². The number of anilines is 1. The van der Waals surface area contributed by atoms with Crippen molar-refractivity contribution in [3.05, 3.63) is 23.8 Å². The molecule has 0 amide bonds. The Hall–Kier alpha value is -1.11. The molecule has 0 aliphatic heterocycles. The van der Waals surface area contributed by atoms with Crippen LogP contribution in [0.15, 0.2) is 23.1 Å². The molecule has 0 aromatic heterocycles. The Morgan fingerprint density at radius 3 is 2.57 bits per heavy atom. The zero-order valence-electron chi connectivity index (χ0n) is 12.4. The van der Waals surface area contributed by atoms with Gasteiger partial charge in [0.05, 0.1) is 4.90 Å². The molecule has 1 aliphatic carbocycles. The number of hydrogen-bond donors (Lipinski definition) is 3. The van der Waals surface area contributed by atoms with Gasteiger partial charge in [0.2, 0.25) is 10.0 Å². The van der Waals surface area contributed by atoms with Crippen molar-refractivity contribution < 1.29 is 13.5 Å². The fourth-order valence-corrected chi connectivity index (χ4v) is 4.46. The first-order valence-electron chi connectivity index (χ1n) is 7.41. The zero-order valence-corrected chi connectivity index (χ0v) is 13.2. The first-order valence-corrected chi connectivity index (χ1v) is 8.90. The molecule has 0 unspecified atom stereocenters. The Balaban J connectivity index is 2.20. The molecule has 6 heteroatoms. The molecule has 0 bridgehead atoms. The number of hydrogen-bond acceptors (Lipinski definition) is 4. The summed E-state index contributed by atoms with van der Waals surface area (Å²) in [4.78, 5) is 0.246. The summed E-state index contributed by atoms with van der Waals surface area (Å²) < 4.78 is 27.7. The fraction of sp³-hybridized carbons (Fsp3) is 0.600. The summed E-state index contributed by atoms with van der Waals surface area (Å²) in [5, 5.41) is 9.57. The van der Waals surface area contributed by atoms with Crippen LogP contribution in [0.25, 0.3) is 0 Å². The fourth-order valence-electron chi connectivity index (χ4n) is 2.96. The molecule has 0 spiro atoms. The number of aliphatic hydroxyl groups is 1. The largest absolute Gasteiger partial charge is 0.399 e. The van der Waals surface area contributed by atoms with Gasteiger partial charge in [0.15, 0.2) is 0 Å². The normalized spacial score (nSPS) is 18.0. The molecule has 0 atom stereocenters. The van der Waals surface area contributed by atoms with E-state index in [0.717, 1.165) is 31.2 Å². The van der Waals surface area contributed by atoms with Crippen LogP contribution in [0, 0.1) is 5.41 Å². The van der Waals surface area contributed by atoms with Crippen LogP contribution in [0.2, 0.25) is 0 Å². The van der Waals surface area contributed by atoms with E-state index in [1.807, 2.05) is 6.92 Å². The predicted molar refractivity (Wildman–Crippen MR) is 83.4 cm³/mol. The molecule has 1 aromatic carbocycles. The van der Waals surface area contributed by atoms with Crippen LogP contribution < -0.4 is 10.5 Å². The molecular weight excluding hydrogens is 288 g/mol. The molecule has 0 radical (unpaired) electrons. The van der Waals surface area contributed by atoms with E-state index in [1.54, 1.807) is 12.1 Å².